The fourth-order valence-corrected chi connectivity index (χ4v) is 3.97. The van der Waals surface area contributed by atoms with Gasteiger partial charge in [0.1, 0.15) is 5.94 Å². The molecule has 0 bridgehead atoms. The molecule has 1 heterocycles. The summed E-state index contributed by atoms with van der Waals surface area (Å²) in [7, 11) is 4.02. The highest BCUT2D eigenvalue weighted by Crippen LogP contribution is 2.30. The molecule has 3 heteroatoms. The van der Waals surface area contributed by atoms with Crippen LogP contribution >= 0.6 is 0 Å². The number of benzene rings is 2. The molecule has 0 aliphatic carbocycles. The van der Waals surface area contributed by atoms with Crippen LogP contribution in [0.15, 0.2) is 78.0 Å². The van der Waals surface area contributed by atoms with E-state index in [1.807, 2.05) is 25.1 Å². The van der Waals surface area contributed by atoms with E-state index in [1.54, 1.807) is 0 Å². The Labute approximate surface area is 169 Å². The molecule has 0 radical (unpaired) electrons. The monoisotopic (exact) mass is 374 g/mol. The summed E-state index contributed by atoms with van der Waals surface area (Å²) in [6, 6.07) is 21.0. The van der Waals surface area contributed by atoms with Crippen LogP contribution in [0.5, 0.6) is 0 Å². The predicted octanol–water partition coefficient (Wildman–Crippen LogP) is 4.34. The molecule has 2 aromatic carbocycles. The van der Waals surface area contributed by atoms with Crippen LogP contribution in [0.25, 0.3) is 0 Å². The first-order chi connectivity index (χ1) is 13.7. The minimum absolute atomic E-state index is 0.291. The number of piperidine rings is 1. The summed E-state index contributed by atoms with van der Waals surface area (Å²) in [5.74, 6) is 2.61. The molecule has 0 N–H and O–H groups in total. The molecule has 1 saturated heterocycles. The molecule has 0 saturated carbocycles. The number of hydrogen-bond acceptors (Lipinski definition) is 3. The predicted molar refractivity (Wildman–Crippen MR) is 116 cm³/mol. The van der Waals surface area contributed by atoms with Gasteiger partial charge in [-0.2, -0.15) is 0 Å². The van der Waals surface area contributed by atoms with Gasteiger partial charge in [0.25, 0.3) is 0 Å². The molecule has 0 atom stereocenters. The van der Waals surface area contributed by atoms with Gasteiger partial charge in [-0.3, -0.25) is 4.90 Å². The van der Waals surface area contributed by atoms with Crippen molar-refractivity contribution in [2.24, 2.45) is 5.92 Å². The third-order valence-corrected chi connectivity index (χ3v) is 5.35. The largest absolute Gasteiger partial charge is 0.383 e. The van der Waals surface area contributed by atoms with E-state index in [9.17, 15) is 4.79 Å². The lowest BCUT2D eigenvalue weighted by atomic mass is 9.84. The Morgan fingerprint density at radius 1 is 1.00 bits per heavy atom. The molecule has 1 fully saturated rings. The fraction of sp³-hybridized carbons (Fsp3) is 0.360. The van der Waals surface area contributed by atoms with E-state index in [-0.39, 0.29) is 0 Å². The van der Waals surface area contributed by atoms with Gasteiger partial charge in [0.2, 0.25) is 0 Å². The van der Waals surface area contributed by atoms with Crippen molar-refractivity contribution < 1.29 is 4.79 Å². The molecular formula is C25H30N2O. The van der Waals surface area contributed by atoms with Gasteiger partial charge >= 0.3 is 0 Å². The van der Waals surface area contributed by atoms with E-state index in [0.29, 0.717) is 5.92 Å². The molecular weight excluding hydrogens is 344 g/mol. The van der Waals surface area contributed by atoms with Gasteiger partial charge in [0.05, 0.1) is 0 Å². The van der Waals surface area contributed by atoms with Gasteiger partial charge in [-0.05, 0) is 55.0 Å². The lowest BCUT2D eigenvalue weighted by molar-refractivity contribution is 0.192. The lowest BCUT2D eigenvalue weighted by Crippen LogP contribution is -2.34. The fourth-order valence-electron chi connectivity index (χ4n) is 3.97. The Hall–Kier alpha value is -2.61. The van der Waals surface area contributed by atoms with Crippen molar-refractivity contribution in [2.45, 2.75) is 25.8 Å². The van der Waals surface area contributed by atoms with Crippen LogP contribution < -0.4 is 0 Å². The topological polar surface area (TPSA) is 23.6 Å². The second-order valence-corrected chi connectivity index (χ2v) is 7.83. The lowest BCUT2D eigenvalue weighted by Gasteiger charge is -2.33. The highest BCUT2D eigenvalue weighted by molar-refractivity contribution is 5.62. The Balaban J connectivity index is 1.67. The molecule has 0 spiro atoms. The highest BCUT2D eigenvalue weighted by atomic mass is 16.1. The van der Waals surface area contributed by atoms with Crippen LogP contribution in [-0.2, 0) is 17.8 Å². The number of nitrogens with zero attached hydrogens (tertiary/aromatic N) is 2. The molecule has 146 valence electrons. The third kappa shape index (κ3) is 5.69. The Morgan fingerprint density at radius 2 is 1.57 bits per heavy atom. The molecule has 1 aliphatic heterocycles. The third-order valence-electron chi connectivity index (χ3n) is 5.35. The summed E-state index contributed by atoms with van der Waals surface area (Å²) in [6.07, 6.45) is 4.88. The maximum absolute atomic E-state index is 12.0. The van der Waals surface area contributed by atoms with Crippen LogP contribution in [0.4, 0.5) is 0 Å². The second kappa shape index (κ2) is 10.1. The van der Waals surface area contributed by atoms with Crippen molar-refractivity contribution in [1.29, 1.82) is 0 Å². The van der Waals surface area contributed by atoms with Crippen molar-refractivity contribution >= 4 is 5.94 Å². The molecule has 3 nitrogen and oxygen atoms in total. The Morgan fingerprint density at radius 3 is 2.11 bits per heavy atom. The van der Waals surface area contributed by atoms with E-state index in [4.69, 9.17) is 0 Å². The highest BCUT2D eigenvalue weighted by Gasteiger charge is 2.25. The molecule has 3 rings (SSSR count). The van der Waals surface area contributed by atoms with Gasteiger partial charge in [-0.1, -0.05) is 60.7 Å². The minimum Gasteiger partial charge on any atom is -0.383 e. The zero-order valence-corrected chi connectivity index (χ0v) is 17.0. The summed E-state index contributed by atoms with van der Waals surface area (Å²) in [5, 5.41) is 0. The summed E-state index contributed by atoms with van der Waals surface area (Å²) >= 11 is 0. The first-order valence-electron chi connectivity index (χ1n) is 10.1. The van der Waals surface area contributed by atoms with E-state index in [0.717, 1.165) is 50.0 Å². The van der Waals surface area contributed by atoms with Gasteiger partial charge < -0.3 is 4.90 Å². The van der Waals surface area contributed by atoms with Gasteiger partial charge in [0.15, 0.2) is 0 Å². The average molecular weight is 375 g/mol. The first kappa shape index (κ1) is 20.1. The van der Waals surface area contributed by atoms with Crippen molar-refractivity contribution in [2.75, 3.05) is 27.2 Å². The van der Waals surface area contributed by atoms with Crippen molar-refractivity contribution in [3.05, 3.63) is 89.1 Å². The zero-order chi connectivity index (χ0) is 19.8. The molecule has 28 heavy (non-hydrogen) atoms. The summed E-state index contributed by atoms with van der Waals surface area (Å²) in [6.45, 7) is 3.02. The van der Waals surface area contributed by atoms with Crippen LogP contribution in [0, 0.1) is 5.92 Å². The van der Waals surface area contributed by atoms with Gasteiger partial charge in [0, 0.05) is 32.4 Å². The van der Waals surface area contributed by atoms with Gasteiger partial charge in [-0.25, -0.2) is 4.79 Å². The zero-order valence-electron chi connectivity index (χ0n) is 17.0. The number of carbonyl (C=O) groups excluding carboxylic acids is 1. The SMILES string of the molecule is CN(C)/C=C(/Cc1ccccc1)C(=C=O)C1CCN(Cc2ccccc2)CC1. The average Bonchev–Trinajstić information content (AvgIpc) is 2.71. The Bertz CT molecular complexity index is 812. The van der Waals surface area contributed by atoms with Crippen LogP contribution in [0.2, 0.25) is 0 Å². The van der Waals surface area contributed by atoms with Crippen molar-refractivity contribution in [1.82, 2.24) is 9.80 Å². The number of rotatable bonds is 7. The van der Waals surface area contributed by atoms with Gasteiger partial charge in [-0.15, -0.1) is 0 Å². The van der Waals surface area contributed by atoms with Crippen LogP contribution in [0.1, 0.15) is 24.0 Å². The summed E-state index contributed by atoms with van der Waals surface area (Å²) < 4.78 is 0. The number of allylic oxidation sites excluding steroid dienone is 2. The number of hydrogen-bond donors (Lipinski definition) is 0. The first-order valence-corrected chi connectivity index (χ1v) is 10.1. The van der Waals surface area contributed by atoms with Crippen molar-refractivity contribution in [3.8, 4) is 0 Å². The maximum Gasteiger partial charge on any atom is 0.128 e. The van der Waals surface area contributed by atoms with Crippen molar-refractivity contribution in [3.63, 3.8) is 0 Å². The maximum atomic E-state index is 12.0. The molecule has 0 unspecified atom stereocenters. The molecule has 0 amide bonds. The quantitative estimate of drug-likeness (QED) is 0.532. The van der Waals surface area contributed by atoms with Crippen LogP contribution in [0.3, 0.4) is 0 Å². The number of likely N-dealkylation sites (tertiary alicyclic amines) is 1. The van der Waals surface area contributed by atoms with E-state index < -0.39 is 0 Å². The minimum atomic E-state index is 0.291. The standard InChI is InChI=1S/C25H30N2O/c1-26(2)19-24(17-21-9-5-3-6-10-21)25(20-28)23-13-15-27(16-14-23)18-22-11-7-4-8-12-22/h3-12,19,23H,13-18H2,1-2H3/b24-19-. The summed E-state index contributed by atoms with van der Waals surface area (Å²) in [5.41, 5.74) is 4.53. The summed E-state index contributed by atoms with van der Waals surface area (Å²) in [4.78, 5) is 16.5. The van der Waals surface area contributed by atoms with Crippen LogP contribution in [-0.4, -0.2) is 42.9 Å². The Kier molecular flexibility index (Phi) is 7.25. The normalized spacial score (nSPS) is 15.9. The molecule has 0 aromatic heterocycles. The van der Waals surface area contributed by atoms with E-state index >= 15 is 0 Å². The molecule has 1 aliphatic rings. The van der Waals surface area contributed by atoms with E-state index in [1.165, 1.54) is 11.1 Å². The molecule has 2 aromatic rings. The smallest absolute Gasteiger partial charge is 0.128 e. The second-order valence-electron chi connectivity index (χ2n) is 7.83. The van der Waals surface area contributed by atoms with E-state index in [2.05, 4.69) is 71.6 Å².